The molecule has 1 rings (SSSR count). The van der Waals surface area contributed by atoms with Gasteiger partial charge in [0.25, 0.3) is 0 Å². The van der Waals surface area contributed by atoms with Gasteiger partial charge in [-0.05, 0) is 46.2 Å². The minimum Gasteiger partial charge on any atom is -0.373 e. The highest BCUT2D eigenvalue weighted by Crippen LogP contribution is 2.18. The molecule has 1 unspecified atom stereocenters. The van der Waals surface area contributed by atoms with Crippen molar-refractivity contribution in [2.24, 2.45) is 0 Å². The lowest BCUT2D eigenvalue weighted by atomic mass is 10.1. The molecule has 3 nitrogen and oxygen atoms in total. The van der Waals surface area contributed by atoms with Crippen LogP contribution in [0.15, 0.2) is 24.3 Å². The van der Waals surface area contributed by atoms with Crippen LogP contribution in [0.25, 0.3) is 0 Å². The quantitative estimate of drug-likeness (QED) is 0.701. The van der Waals surface area contributed by atoms with Crippen LogP contribution < -0.4 is 5.32 Å². The van der Waals surface area contributed by atoms with Crippen molar-refractivity contribution in [3.05, 3.63) is 35.4 Å². The molecule has 0 amide bonds. The summed E-state index contributed by atoms with van der Waals surface area (Å²) in [6, 6.07) is 8.54. The van der Waals surface area contributed by atoms with Crippen molar-refractivity contribution in [3.63, 3.8) is 0 Å². The Labute approximate surface area is 130 Å². The fraction of sp³-hybridized carbons (Fsp3) is 0.667. The van der Waals surface area contributed by atoms with Gasteiger partial charge in [0.1, 0.15) is 0 Å². The zero-order chi connectivity index (χ0) is 15.7. The van der Waals surface area contributed by atoms with Gasteiger partial charge in [0.15, 0.2) is 0 Å². The van der Waals surface area contributed by atoms with E-state index >= 15 is 0 Å². The summed E-state index contributed by atoms with van der Waals surface area (Å²) in [4.78, 5) is 0. The lowest BCUT2D eigenvalue weighted by molar-refractivity contribution is -0.0518. The van der Waals surface area contributed by atoms with E-state index < -0.39 is 0 Å². The first-order valence-electron chi connectivity index (χ1n) is 7.95. The molecule has 0 spiro atoms. The molecule has 0 bridgehead atoms. The summed E-state index contributed by atoms with van der Waals surface area (Å²) in [5.74, 6) is 0. The average molecular weight is 293 g/mol. The molecule has 3 heteroatoms. The number of aryl methyl sites for hydroxylation is 1. The second kappa shape index (κ2) is 9.19. The fourth-order valence-corrected chi connectivity index (χ4v) is 2.09. The Hall–Kier alpha value is -0.900. The third-order valence-corrected chi connectivity index (χ3v) is 3.11. The van der Waals surface area contributed by atoms with Crippen LogP contribution in [0.2, 0.25) is 0 Å². The van der Waals surface area contributed by atoms with Crippen LogP contribution in [-0.2, 0) is 9.47 Å². The van der Waals surface area contributed by atoms with E-state index in [9.17, 15) is 0 Å². The Bertz CT molecular complexity index is 398. The summed E-state index contributed by atoms with van der Waals surface area (Å²) >= 11 is 0. The SMILES string of the molecule is CCCNCC(OCCOC(C)(C)C)c1cccc(C)c1. The van der Waals surface area contributed by atoms with Crippen molar-refractivity contribution in [1.29, 1.82) is 0 Å². The predicted octanol–water partition coefficient (Wildman–Crippen LogP) is 3.87. The van der Waals surface area contributed by atoms with Crippen LogP contribution in [0.5, 0.6) is 0 Å². The highest BCUT2D eigenvalue weighted by molar-refractivity contribution is 5.24. The van der Waals surface area contributed by atoms with Gasteiger partial charge >= 0.3 is 0 Å². The molecule has 1 aromatic carbocycles. The molecule has 1 N–H and O–H groups in total. The van der Waals surface area contributed by atoms with E-state index in [4.69, 9.17) is 9.47 Å². The van der Waals surface area contributed by atoms with Crippen LogP contribution in [0.3, 0.4) is 0 Å². The Balaban J connectivity index is 2.52. The van der Waals surface area contributed by atoms with Gasteiger partial charge in [-0.25, -0.2) is 0 Å². The normalized spacial score (nSPS) is 13.4. The van der Waals surface area contributed by atoms with Crippen molar-refractivity contribution in [3.8, 4) is 0 Å². The van der Waals surface area contributed by atoms with E-state index in [0.29, 0.717) is 13.2 Å². The maximum absolute atomic E-state index is 6.04. The largest absolute Gasteiger partial charge is 0.373 e. The Kier molecular flexibility index (Phi) is 7.94. The van der Waals surface area contributed by atoms with Gasteiger partial charge in [-0.3, -0.25) is 0 Å². The Morgan fingerprint density at radius 1 is 1.19 bits per heavy atom. The molecule has 0 saturated heterocycles. The topological polar surface area (TPSA) is 30.5 Å². The number of ether oxygens (including phenoxy) is 2. The zero-order valence-corrected chi connectivity index (χ0v) is 14.2. The summed E-state index contributed by atoms with van der Waals surface area (Å²) in [6.07, 6.45) is 1.22. The molecular formula is C18H31NO2. The first-order valence-corrected chi connectivity index (χ1v) is 7.95. The minimum absolute atomic E-state index is 0.0834. The average Bonchev–Trinajstić information content (AvgIpc) is 2.40. The van der Waals surface area contributed by atoms with Gasteiger partial charge in [0, 0.05) is 6.54 Å². The van der Waals surface area contributed by atoms with Crippen LogP contribution >= 0.6 is 0 Å². The number of nitrogens with one attached hydrogen (secondary N) is 1. The molecule has 0 aliphatic carbocycles. The van der Waals surface area contributed by atoms with E-state index in [2.05, 4.69) is 64.2 Å². The standard InChI is InChI=1S/C18H31NO2/c1-6-10-19-14-17(16-9-7-8-15(2)13-16)20-11-12-21-18(3,4)5/h7-9,13,17,19H,6,10-12,14H2,1-5H3. The van der Waals surface area contributed by atoms with Gasteiger partial charge in [-0.1, -0.05) is 36.8 Å². The van der Waals surface area contributed by atoms with Crippen molar-refractivity contribution >= 4 is 0 Å². The van der Waals surface area contributed by atoms with Crippen LogP contribution in [0.1, 0.15) is 51.3 Å². The molecule has 0 aromatic heterocycles. The maximum Gasteiger partial charge on any atom is 0.0950 e. The molecule has 1 aromatic rings. The smallest absolute Gasteiger partial charge is 0.0950 e. The third-order valence-electron chi connectivity index (χ3n) is 3.11. The molecule has 0 heterocycles. The molecule has 0 aliphatic rings. The highest BCUT2D eigenvalue weighted by Gasteiger charge is 2.13. The fourth-order valence-electron chi connectivity index (χ4n) is 2.09. The van der Waals surface area contributed by atoms with E-state index in [1.165, 1.54) is 11.1 Å². The van der Waals surface area contributed by atoms with Gasteiger partial charge in [0.2, 0.25) is 0 Å². The third kappa shape index (κ3) is 8.20. The summed E-state index contributed by atoms with van der Waals surface area (Å²) in [7, 11) is 0. The second-order valence-electron chi connectivity index (χ2n) is 6.44. The van der Waals surface area contributed by atoms with Crippen LogP contribution in [0, 0.1) is 6.92 Å². The van der Waals surface area contributed by atoms with Gasteiger partial charge < -0.3 is 14.8 Å². The van der Waals surface area contributed by atoms with Gasteiger partial charge in [0.05, 0.1) is 24.9 Å². The summed E-state index contributed by atoms with van der Waals surface area (Å²) in [6.45, 7) is 13.6. The van der Waals surface area contributed by atoms with E-state index in [1.807, 2.05) is 0 Å². The maximum atomic E-state index is 6.04. The van der Waals surface area contributed by atoms with Crippen LogP contribution in [-0.4, -0.2) is 31.9 Å². The van der Waals surface area contributed by atoms with Gasteiger partial charge in [-0.2, -0.15) is 0 Å². The van der Waals surface area contributed by atoms with Crippen molar-refractivity contribution in [2.45, 2.75) is 52.7 Å². The molecular weight excluding hydrogens is 262 g/mol. The predicted molar refractivity (Wildman–Crippen MR) is 88.7 cm³/mol. The summed E-state index contributed by atoms with van der Waals surface area (Å²) in [5.41, 5.74) is 2.39. The lowest BCUT2D eigenvalue weighted by Crippen LogP contribution is -2.26. The molecule has 0 fully saturated rings. The number of rotatable bonds is 9. The molecule has 0 saturated carbocycles. The van der Waals surface area contributed by atoms with E-state index in [1.54, 1.807) is 0 Å². The molecule has 21 heavy (non-hydrogen) atoms. The molecule has 120 valence electrons. The van der Waals surface area contributed by atoms with Gasteiger partial charge in [-0.15, -0.1) is 0 Å². The molecule has 0 radical (unpaired) electrons. The van der Waals surface area contributed by atoms with Crippen molar-refractivity contribution < 1.29 is 9.47 Å². The highest BCUT2D eigenvalue weighted by atomic mass is 16.5. The number of hydrogen-bond donors (Lipinski definition) is 1. The minimum atomic E-state index is -0.108. The Morgan fingerprint density at radius 2 is 1.95 bits per heavy atom. The van der Waals surface area contributed by atoms with Crippen molar-refractivity contribution in [2.75, 3.05) is 26.3 Å². The van der Waals surface area contributed by atoms with Crippen LogP contribution in [0.4, 0.5) is 0 Å². The summed E-state index contributed by atoms with van der Waals surface area (Å²) < 4.78 is 11.8. The summed E-state index contributed by atoms with van der Waals surface area (Å²) in [5, 5.41) is 3.44. The second-order valence-corrected chi connectivity index (χ2v) is 6.44. The first kappa shape index (κ1) is 18.1. The number of benzene rings is 1. The molecule has 1 atom stereocenters. The van der Waals surface area contributed by atoms with E-state index in [0.717, 1.165) is 19.5 Å². The monoisotopic (exact) mass is 293 g/mol. The first-order chi connectivity index (χ1) is 9.92. The number of hydrogen-bond acceptors (Lipinski definition) is 3. The Morgan fingerprint density at radius 3 is 2.57 bits per heavy atom. The van der Waals surface area contributed by atoms with Crippen molar-refractivity contribution in [1.82, 2.24) is 5.32 Å². The zero-order valence-electron chi connectivity index (χ0n) is 14.2. The molecule has 0 aliphatic heterocycles. The lowest BCUT2D eigenvalue weighted by Gasteiger charge is -2.22. The van der Waals surface area contributed by atoms with E-state index in [-0.39, 0.29) is 11.7 Å².